The van der Waals surface area contributed by atoms with Crippen molar-refractivity contribution in [2.75, 3.05) is 30.5 Å². The Balaban J connectivity index is 1.63. The van der Waals surface area contributed by atoms with Crippen LogP contribution in [0.15, 0.2) is 24.3 Å². The van der Waals surface area contributed by atoms with Crippen LogP contribution in [-0.2, 0) is 16.0 Å². The van der Waals surface area contributed by atoms with Gasteiger partial charge in [0.1, 0.15) is 5.82 Å². The Bertz CT molecular complexity index is 641. The monoisotopic (exact) mass is 318 g/mol. The maximum Gasteiger partial charge on any atom is 0.227 e. The van der Waals surface area contributed by atoms with Gasteiger partial charge in [0.05, 0.1) is 6.61 Å². The van der Waals surface area contributed by atoms with Crippen molar-refractivity contribution in [3.63, 3.8) is 0 Å². The summed E-state index contributed by atoms with van der Waals surface area (Å²) in [4.78, 5) is 18.0. The quantitative estimate of drug-likeness (QED) is 0.887. The van der Waals surface area contributed by atoms with Gasteiger partial charge in [-0.2, -0.15) is 4.37 Å². The molecule has 1 aromatic carbocycles. The van der Waals surface area contributed by atoms with Crippen molar-refractivity contribution in [3.8, 4) is 0 Å². The van der Waals surface area contributed by atoms with Crippen molar-refractivity contribution in [1.29, 1.82) is 0 Å². The van der Waals surface area contributed by atoms with Gasteiger partial charge in [0, 0.05) is 49.4 Å². The Hall–Kier alpha value is -1.99. The van der Waals surface area contributed by atoms with E-state index in [1.165, 1.54) is 11.5 Å². The van der Waals surface area contributed by atoms with Crippen molar-refractivity contribution in [2.24, 2.45) is 0 Å². The van der Waals surface area contributed by atoms with Crippen LogP contribution >= 0.6 is 11.5 Å². The first-order valence-corrected chi connectivity index (χ1v) is 8.02. The zero-order valence-corrected chi connectivity index (χ0v) is 13.2. The van der Waals surface area contributed by atoms with E-state index >= 15 is 0 Å². The van der Waals surface area contributed by atoms with Crippen LogP contribution < -0.4 is 10.2 Å². The lowest BCUT2D eigenvalue weighted by atomic mass is 10.2. The van der Waals surface area contributed by atoms with Gasteiger partial charge in [-0.25, -0.2) is 4.98 Å². The van der Waals surface area contributed by atoms with Gasteiger partial charge >= 0.3 is 0 Å². The number of anilines is 3. The molecular formula is C15H18N4O2S. The smallest absolute Gasteiger partial charge is 0.227 e. The molecule has 0 unspecified atom stereocenters. The highest BCUT2D eigenvalue weighted by atomic mass is 32.1. The summed E-state index contributed by atoms with van der Waals surface area (Å²) < 4.78 is 9.29. The van der Waals surface area contributed by atoms with E-state index in [0.717, 1.165) is 35.3 Å². The van der Waals surface area contributed by atoms with E-state index in [9.17, 15) is 4.79 Å². The third-order valence-corrected chi connectivity index (χ3v) is 4.17. The first-order chi connectivity index (χ1) is 10.8. The van der Waals surface area contributed by atoms with E-state index in [1.807, 2.05) is 29.2 Å². The minimum absolute atomic E-state index is 0.201. The van der Waals surface area contributed by atoms with Crippen LogP contribution in [0.4, 0.5) is 16.5 Å². The first-order valence-electron chi connectivity index (χ1n) is 7.25. The summed E-state index contributed by atoms with van der Waals surface area (Å²) in [5, 5.41) is 3.99. The van der Waals surface area contributed by atoms with Crippen LogP contribution in [0, 0.1) is 0 Å². The zero-order valence-electron chi connectivity index (χ0n) is 12.4. The van der Waals surface area contributed by atoms with Gasteiger partial charge in [-0.3, -0.25) is 4.79 Å². The highest BCUT2D eigenvalue weighted by Gasteiger charge is 2.21. The highest BCUT2D eigenvalue weighted by molar-refractivity contribution is 7.09. The van der Waals surface area contributed by atoms with Crippen LogP contribution in [0.2, 0.25) is 0 Å². The molecule has 1 aromatic heterocycles. The van der Waals surface area contributed by atoms with Crippen LogP contribution in [0.25, 0.3) is 0 Å². The van der Waals surface area contributed by atoms with Crippen molar-refractivity contribution in [1.82, 2.24) is 9.36 Å². The normalized spacial score (nSPS) is 14.6. The second-order valence-electron chi connectivity index (χ2n) is 5.08. The molecule has 0 radical (unpaired) electrons. The number of nitrogens with zero attached hydrogens (tertiary/aromatic N) is 3. The molecule has 116 valence electrons. The minimum Gasteiger partial charge on any atom is -0.384 e. The Morgan fingerprint density at radius 2 is 2.18 bits per heavy atom. The van der Waals surface area contributed by atoms with Crippen molar-refractivity contribution in [3.05, 3.63) is 30.1 Å². The summed E-state index contributed by atoms with van der Waals surface area (Å²) in [5.41, 5.74) is 1.89. The predicted octanol–water partition coefficient (Wildman–Crippen LogP) is 2.60. The molecule has 0 atom stereocenters. The number of methoxy groups -OCH3 is 1. The van der Waals surface area contributed by atoms with E-state index < -0.39 is 0 Å². The van der Waals surface area contributed by atoms with Gasteiger partial charge in [-0.05, 0) is 30.7 Å². The zero-order chi connectivity index (χ0) is 15.4. The van der Waals surface area contributed by atoms with Crippen molar-refractivity contribution >= 4 is 33.9 Å². The third-order valence-electron chi connectivity index (χ3n) is 3.50. The summed E-state index contributed by atoms with van der Waals surface area (Å²) in [6.45, 7) is 1.43. The number of carbonyl (C=O) groups is 1. The van der Waals surface area contributed by atoms with Gasteiger partial charge in [-0.1, -0.05) is 0 Å². The molecule has 1 amide bonds. The Morgan fingerprint density at radius 1 is 1.36 bits per heavy atom. The number of carbonyl (C=O) groups excluding carboxylic acids is 1. The van der Waals surface area contributed by atoms with E-state index in [2.05, 4.69) is 14.7 Å². The molecule has 0 spiro atoms. The molecule has 22 heavy (non-hydrogen) atoms. The summed E-state index contributed by atoms with van der Waals surface area (Å²) in [6, 6.07) is 7.82. The number of hydrogen-bond acceptors (Lipinski definition) is 6. The molecular weight excluding hydrogens is 300 g/mol. The van der Waals surface area contributed by atoms with Crippen molar-refractivity contribution < 1.29 is 9.53 Å². The molecule has 2 aromatic rings. The molecule has 3 rings (SSSR count). The molecule has 1 aliphatic heterocycles. The van der Waals surface area contributed by atoms with Crippen molar-refractivity contribution in [2.45, 2.75) is 19.3 Å². The van der Waals surface area contributed by atoms with E-state index in [4.69, 9.17) is 4.74 Å². The molecule has 0 bridgehead atoms. The summed E-state index contributed by atoms with van der Waals surface area (Å²) in [6.07, 6.45) is 2.30. The maximum absolute atomic E-state index is 11.7. The topological polar surface area (TPSA) is 67.3 Å². The second-order valence-corrected chi connectivity index (χ2v) is 5.83. The number of rotatable bonds is 6. The minimum atomic E-state index is 0.201. The molecule has 7 heteroatoms. The summed E-state index contributed by atoms with van der Waals surface area (Å²) >= 11 is 1.33. The van der Waals surface area contributed by atoms with Crippen LogP contribution in [-0.4, -0.2) is 35.5 Å². The lowest BCUT2D eigenvalue weighted by Crippen LogP contribution is -2.23. The van der Waals surface area contributed by atoms with Crippen LogP contribution in [0.5, 0.6) is 0 Å². The summed E-state index contributed by atoms with van der Waals surface area (Å²) in [5.74, 6) is 0.987. The van der Waals surface area contributed by atoms with E-state index in [-0.39, 0.29) is 5.91 Å². The molecule has 1 saturated heterocycles. The molecule has 0 saturated carbocycles. The van der Waals surface area contributed by atoms with Crippen LogP contribution in [0.1, 0.15) is 18.7 Å². The van der Waals surface area contributed by atoms with Gasteiger partial charge in [0.2, 0.25) is 11.0 Å². The van der Waals surface area contributed by atoms with Gasteiger partial charge in [-0.15, -0.1) is 0 Å². The van der Waals surface area contributed by atoms with Crippen LogP contribution in [0.3, 0.4) is 0 Å². The average molecular weight is 318 g/mol. The highest BCUT2D eigenvalue weighted by Crippen LogP contribution is 2.25. The number of ether oxygens (including phenoxy) is 1. The SMILES string of the molecule is COCCc1nsc(Nc2ccc(N3CCCC3=O)cc2)n1. The number of aromatic nitrogens is 2. The largest absolute Gasteiger partial charge is 0.384 e. The fourth-order valence-electron chi connectivity index (χ4n) is 2.37. The second kappa shape index (κ2) is 6.85. The van der Waals surface area contributed by atoms with Gasteiger partial charge in [0.25, 0.3) is 0 Å². The fraction of sp³-hybridized carbons (Fsp3) is 0.400. The Morgan fingerprint density at radius 3 is 2.86 bits per heavy atom. The van der Waals surface area contributed by atoms with Gasteiger partial charge in [0.15, 0.2) is 0 Å². The predicted molar refractivity (Wildman–Crippen MR) is 86.8 cm³/mol. The Labute approximate surface area is 133 Å². The van der Waals surface area contributed by atoms with E-state index in [1.54, 1.807) is 7.11 Å². The number of benzene rings is 1. The molecule has 2 heterocycles. The third kappa shape index (κ3) is 3.42. The van der Waals surface area contributed by atoms with E-state index in [0.29, 0.717) is 19.4 Å². The molecule has 1 aliphatic rings. The first kappa shape index (κ1) is 14.9. The lowest BCUT2D eigenvalue weighted by Gasteiger charge is -2.15. The molecule has 1 N–H and O–H groups in total. The lowest BCUT2D eigenvalue weighted by molar-refractivity contribution is -0.117. The molecule has 1 fully saturated rings. The number of amides is 1. The maximum atomic E-state index is 11.7. The Kier molecular flexibility index (Phi) is 4.65. The average Bonchev–Trinajstić information content (AvgIpc) is 3.15. The number of hydrogen-bond donors (Lipinski definition) is 1. The molecule has 6 nitrogen and oxygen atoms in total. The fourth-order valence-corrected chi connectivity index (χ4v) is 3.00. The summed E-state index contributed by atoms with van der Waals surface area (Å²) in [7, 11) is 1.66. The molecule has 0 aliphatic carbocycles. The standard InChI is InChI=1S/C15H18N4O2S/c1-21-10-8-13-17-15(22-18-13)16-11-4-6-12(7-5-11)19-9-2-3-14(19)20/h4-7H,2-3,8-10H2,1H3,(H,16,17,18). The van der Waals surface area contributed by atoms with Gasteiger partial charge < -0.3 is 15.0 Å². The number of nitrogens with one attached hydrogen (secondary N) is 1.